The van der Waals surface area contributed by atoms with Gasteiger partial charge >= 0.3 is 0 Å². The molecule has 2 aliphatic rings. The van der Waals surface area contributed by atoms with Gasteiger partial charge in [-0.25, -0.2) is 0 Å². The van der Waals surface area contributed by atoms with E-state index in [1.165, 1.54) is 25.7 Å². The molecule has 108 valence electrons. The molecule has 0 atom stereocenters. The lowest BCUT2D eigenvalue weighted by Gasteiger charge is -2.31. The van der Waals surface area contributed by atoms with Crippen LogP contribution in [0.4, 0.5) is 5.82 Å². The van der Waals surface area contributed by atoms with Gasteiger partial charge in [0, 0.05) is 19.6 Å². The third-order valence-corrected chi connectivity index (χ3v) is 4.48. The van der Waals surface area contributed by atoms with E-state index >= 15 is 0 Å². The monoisotopic (exact) mass is 273 g/mol. The average molecular weight is 273 g/mol. The zero-order valence-corrected chi connectivity index (χ0v) is 12.4. The molecule has 1 aliphatic heterocycles. The van der Waals surface area contributed by atoms with Gasteiger partial charge in [-0.05, 0) is 51.6 Å². The van der Waals surface area contributed by atoms with Crippen LogP contribution in [0, 0.1) is 24.2 Å². The first-order chi connectivity index (χ1) is 9.70. The normalized spacial score (nSPS) is 19.9. The van der Waals surface area contributed by atoms with Crippen molar-refractivity contribution >= 4 is 5.82 Å². The predicted molar refractivity (Wildman–Crippen MR) is 78.6 cm³/mol. The molecule has 1 aromatic rings. The number of rotatable bonds is 4. The second-order valence-corrected chi connectivity index (χ2v) is 6.10. The molecule has 20 heavy (non-hydrogen) atoms. The molecule has 0 radical (unpaired) electrons. The number of nitrogens with one attached hydrogen (secondary N) is 1. The zero-order valence-electron chi connectivity index (χ0n) is 12.4. The third-order valence-electron chi connectivity index (χ3n) is 4.48. The summed E-state index contributed by atoms with van der Waals surface area (Å²) >= 11 is 0. The molecule has 0 amide bonds. The van der Waals surface area contributed by atoms with E-state index in [-0.39, 0.29) is 0 Å². The Kier molecular flexibility index (Phi) is 3.66. The van der Waals surface area contributed by atoms with E-state index in [1.54, 1.807) is 0 Å². The van der Waals surface area contributed by atoms with Gasteiger partial charge in [-0.15, -0.1) is 0 Å². The number of anilines is 1. The molecular formula is C15H23N5. The van der Waals surface area contributed by atoms with Crippen LogP contribution in [0.25, 0.3) is 0 Å². The lowest BCUT2D eigenvalue weighted by molar-refractivity contribution is 0.371. The Morgan fingerprint density at radius 1 is 1.35 bits per heavy atom. The van der Waals surface area contributed by atoms with Crippen LogP contribution in [0.5, 0.6) is 0 Å². The van der Waals surface area contributed by atoms with Gasteiger partial charge in [0.2, 0.25) is 0 Å². The summed E-state index contributed by atoms with van der Waals surface area (Å²) in [7, 11) is 1.96. The minimum atomic E-state index is 0.617. The molecule has 0 aromatic carbocycles. The van der Waals surface area contributed by atoms with E-state index in [1.807, 2.05) is 18.7 Å². The van der Waals surface area contributed by atoms with E-state index in [2.05, 4.69) is 21.4 Å². The maximum absolute atomic E-state index is 9.43. The van der Waals surface area contributed by atoms with Crippen molar-refractivity contribution < 1.29 is 0 Å². The summed E-state index contributed by atoms with van der Waals surface area (Å²) in [5.74, 6) is 1.77. The number of aromatic nitrogens is 2. The molecule has 0 bridgehead atoms. The van der Waals surface area contributed by atoms with Crippen molar-refractivity contribution in [2.75, 3.05) is 24.5 Å². The summed E-state index contributed by atoms with van der Waals surface area (Å²) in [5, 5.41) is 17.3. The first kappa shape index (κ1) is 13.4. The molecule has 2 fully saturated rings. The Hall–Kier alpha value is -1.54. The summed E-state index contributed by atoms with van der Waals surface area (Å²) < 4.78 is 1.90. The van der Waals surface area contributed by atoms with Gasteiger partial charge in [0.05, 0.1) is 5.69 Å². The summed E-state index contributed by atoms with van der Waals surface area (Å²) in [4.78, 5) is 2.45. The standard InChI is InChI=1S/C15H23N5/c1-11-14(9-16)15(19(2)18-11)20(13-3-4-13)10-12-5-7-17-8-6-12/h12-13,17H,3-8,10H2,1-2H3. The molecule has 2 heterocycles. The summed E-state index contributed by atoms with van der Waals surface area (Å²) in [6.07, 6.45) is 4.98. The van der Waals surface area contributed by atoms with Crippen molar-refractivity contribution in [1.82, 2.24) is 15.1 Å². The van der Waals surface area contributed by atoms with Gasteiger partial charge in [-0.3, -0.25) is 4.68 Å². The topological polar surface area (TPSA) is 56.9 Å². The van der Waals surface area contributed by atoms with Gasteiger partial charge in [-0.2, -0.15) is 10.4 Å². The Morgan fingerprint density at radius 2 is 2.05 bits per heavy atom. The zero-order chi connectivity index (χ0) is 14.1. The predicted octanol–water partition coefficient (Wildman–Crippen LogP) is 1.57. The Morgan fingerprint density at radius 3 is 2.65 bits per heavy atom. The minimum absolute atomic E-state index is 0.617. The van der Waals surface area contributed by atoms with Crippen LogP contribution in [-0.4, -0.2) is 35.5 Å². The van der Waals surface area contributed by atoms with Crippen molar-refractivity contribution in [2.45, 2.75) is 38.6 Å². The second-order valence-electron chi connectivity index (χ2n) is 6.10. The number of piperidine rings is 1. The SMILES string of the molecule is Cc1nn(C)c(N(CC2CCNCC2)C2CC2)c1C#N. The van der Waals surface area contributed by atoms with E-state index in [0.29, 0.717) is 6.04 Å². The van der Waals surface area contributed by atoms with Crippen LogP contribution >= 0.6 is 0 Å². The highest BCUT2D eigenvalue weighted by molar-refractivity contribution is 5.58. The highest BCUT2D eigenvalue weighted by atomic mass is 15.4. The first-order valence-electron chi connectivity index (χ1n) is 7.61. The average Bonchev–Trinajstić information content (AvgIpc) is 3.23. The van der Waals surface area contributed by atoms with Crippen molar-refractivity contribution in [2.24, 2.45) is 13.0 Å². The smallest absolute Gasteiger partial charge is 0.145 e. The third kappa shape index (κ3) is 2.53. The molecule has 1 saturated heterocycles. The lowest BCUT2D eigenvalue weighted by atomic mass is 9.97. The molecule has 1 aromatic heterocycles. The number of nitrogens with zero attached hydrogens (tertiary/aromatic N) is 4. The Labute approximate surface area is 120 Å². The molecule has 5 nitrogen and oxygen atoms in total. The summed E-state index contributed by atoms with van der Waals surface area (Å²) in [6.45, 7) is 5.25. The number of hydrogen-bond donors (Lipinski definition) is 1. The maximum Gasteiger partial charge on any atom is 0.145 e. The van der Waals surface area contributed by atoms with Crippen molar-refractivity contribution in [1.29, 1.82) is 5.26 Å². The molecule has 3 rings (SSSR count). The van der Waals surface area contributed by atoms with E-state index < -0.39 is 0 Å². The van der Waals surface area contributed by atoms with E-state index in [4.69, 9.17) is 0 Å². The van der Waals surface area contributed by atoms with E-state index in [0.717, 1.165) is 42.6 Å². The highest BCUT2D eigenvalue weighted by Gasteiger charge is 2.34. The fraction of sp³-hybridized carbons (Fsp3) is 0.733. The largest absolute Gasteiger partial charge is 0.352 e. The maximum atomic E-state index is 9.43. The van der Waals surface area contributed by atoms with E-state index in [9.17, 15) is 5.26 Å². The first-order valence-corrected chi connectivity index (χ1v) is 7.61. The van der Waals surface area contributed by atoms with Crippen molar-refractivity contribution in [3.8, 4) is 6.07 Å². The fourth-order valence-electron chi connectivity index (χ4n) is 3.24. The summed E-state index contributed by atoms with van der Waals surface area (Å²) in [5.41, 5.74) is 1.61. The summed E-state index contributed by atoms with van der Waals surface area (Å²) in [6, 6.07) is 2.97. The second kappa shape index (κ2) is 5.45. The quantitative estimate of drug-likeness (QED) is 0.904. The van der Waals surface area contributed by atoms with Gasteiger partial charge in [0.25, 0.3) is 0 Å². The molecule has 1 N–H and O–H groups in total. The minimum Gasteiger partial charge on any atom is -0.352 e. The highest BCUT2D eigenvalue weighted by Crippen LogP contribution is 2.35. The van der Waals surface area contributed by atoms with Crippen LogP contribution in [0.3, 0.4) is 0 Å². The van der Waals surface area contributed by atoms with Gasteiger partial charge in [0.1, 0.15) is 17.5 Å². The molecule has 0 spiro atoms. The van der Waals surface area contributed by atoms with Crippen LogP contribution in [-0.2, 0) is 7.05 Å². The molecule has 1 saturated carbocycles. The molecular weight excluding hydrogens is 250 g/mol. The van der Waals surface area contributed by atoms with Crippen molar-refractivity contribution in [3.63, 3.8) is 0 Å². The van der Waals surface area contributed by atoms with Crippen LogP contribution < -0.4 is 10.2 Å². The van der Waals surface area contributed by atoms with Crippen LogP contribution in [0.1, 0.15) is 36.9 Å². The fourth-order valence-corrected chi connectivity index (χ4v) is 3.24. The van der Waals surface area contributed by atoms with Gasteiger partial charge < -0.3 is 10.2 Å². The number of hydrogen-bond acceptors (Lipinski definition) is 4. The molecule has 0 unspecified atom stereocenters. The molecule has 5 heteroatoms. The number of aryl methyl sites for hydroxylation is 2. The molecule has 1 aliphatic carbocycles. The number of nitriles is 1. The Balaban J connectivity index is 1.85. The van der Waals surface area contributed by atoms with Crippen LogP contribution in [0.15, 0.2) is 0 Å². The van der Waals surface area contributed by atoms with Crippen molar-refractivity contribution in [3.05, 3.63) is 11.3 Å². The van der Waals surface area contributed by atoms with Crippen LogP contribution in [0.2, 0.25) is 0 Å². The van der Waals surface area contributed by atoms with Gasteiger partial charge in [0.15, 0.2) is 0 Å². The lowest BCUT2D eigenvalue weighted by Crippen LogP contribution is -2.38. The Bertz CT molecular complexity index is 517. The van der Waals surface area contributed by atoms with Gasteiger partial charge in [-0.1, -0.05) is 0 Å².